The van der Waals surface area contributed by atoms with Crippen LogP contribution < -0.4 is 5.32 Å². The zero-order chi connectivity index (χ0) is 14.7. The van der Waals surface area contributed by atoms with Gasteiger partial charge in [-0.3, -0.25) is 0 Å². The first-order chi connectivity index (χ1) is 9.51. The fourth-order valence-electron chi connectivity index (χ4n) is 1.72. The second kappa shape index (κ2) is 6.15. The highest BCUT2D eigenvalue weighted by Crippen LogP contribution is 2.22. The third-order valence-electron chi connectivity index (χ3n) is 3.06. The van der Waals surface area contributed by atoms with E-state index in [1.54, 1.807) is 12.3 Å². The topological polar surface area (TPSA) is 58.0 Å². The van der Waals surface area contributed by atoms with Gasteiger partial charge in [0, 0.05) is 11.9 Å². The van der Waals surface area contributed by atoms with E-state index in [1.165, 1.54) is 12.1 Å². The smallest absolute Gasteiger partial charge is 0.223 e. The van der Waals surface area contributed by atoms with E-state index in [2.05, 4.69) is 15.3 Å². The normalized spacial score (nSPS) is 12.2. The van der Waals surface area contributed by atoms with Gasteiger partial charge in [0.2, 0.25) is 5.95 Å². The first-order valence-electron chi connectivity index (χ1n) is 6.14. The van der Waals surface area contributed by atoms with Crippen molar-refractivity contribution in [1.82, 2.24) is 9.97 Å². The summed E-state index contributed by atoms with van der Waals surface area (Å²) in [4.78, 5) is 8.41. The van der Waals surface area contributed by atoms with Crippen molar-refractivity contribution in [2.45, 2.75) is 19.9 Å². The van der Waals surface area contributed by atoms with Crippen molar-refractivity contribution in [2.24, 2.45) is 0 Å². The van der Waals surface area contributed by atoms with Crippen molar-refractivity contribution < 1.29 is 9.50 Å². The third kappa shape index (κ3) is 3.23. The molecule has 0 aliphatic carbocycles. The molecule has 1 aromatic carbocycles. The first kappa shape index (κ1) is 14.7. The van der Waals surface area contributed by atoms with E-state index in [1.807, 2.05) is 13.8 Å². The van der Waals surface area contributed by atoms with E-state index in [4.69, 9.17) is 11.6 Å². The van der Waals surface area contributed by atoms with Gasteiger partial charge >= 0.3 is 0 Å². The molecule has 0 bridgehead atoms. The largest absolute Gasteiger partial charge is 0.394 e. The molecule has 2 aromatic rings. The van der Waals surface area contributed by atoms with E-state index in [0.29, 0.717) is 11.5 Å². The molecule has 1 atom stereocenters. The number of anilines is 1. The summed E-state index contributed by atoms with van der Waals surface area (Å²) in [5.74, 6) is -0.132. The van der Waals surface area contributed by atoms with E-state index < -0.39 is 11.9 Å². The molecule has 0 aliphatic heterocycles. The van der Waals surface area contributed by atoms with Gasteiger partial charge in [-0.15, -0.1) is 0 Å². The average molecular weight is 296 g/mol. The van der Waals surface area contributed by atoms with Gasteiger partial charge in [0.25, 0.3) is 0 Å². The third-order valence-corrected chi connectivity index (χ3v) is 3.36. The summed E-state index contributed by atoms with van der Waals surface area (Å²) in [6, 6.07) is 3.90. The molecule has 0 saturated heterocycles. The Morgan fingerprint density at radius 3 is 2.75 bits per heavy atom. The molecule has 0 saturated carbocycles. The van der Waals surface area contributed by atoms with Gasteiger partial charge in [0.05, 0.1) is 17.7 Å². The minimum atomic E-state index is -0.523. The quantitative estimate of drug-likeness (QED) is 0.910. The van der Waals surface area contributed by atoms with Crippen molar-refractivity contribution in [1.29, 1.82) is 0 Å². The Morgan fingerprint density at radius 2 is 2.15 bits per heavy atom. The van der Waals surface area contributed by atoms with Crippen LogP contribution >= 0.6 is 11.6 Å². The molecule has 0 spiro atoms. The Balaban J connectivity index is 2.23. The summed E-state index contributed by atoms with van der Waals surface area (Å²) in [5, 5.41) is 12.5. The van der Waals surface area contributed by atoms with Crippen LogP contribution in [0.1, 0.15) is 22.9 Å². The average Bonchev–Trinajstić information content (AvgIpc) is 2.43. The molecule has 2 N–H and O–H groups in total. The lowest BCUT2D eigenvalue weighted by Gasteiger charge is -2.17. The SMILES string of the molecule is Cc1cnc(NC(CO)c2ccc(Cl)c(F)c2)nc1C. The van der Waals surface area contributed by atoms with Crippen LogP contribution in [0.25, 0.3) is 0 Å². The number of nitrogens with one attached hydrogen (secondary N) is 1. The monoisotopic (exact) mass is 295 g/mol. The number of aliphatic hydroxyl groups is 1. The van der Waals surface area contributed by atoms with E-state index >= 15 is 0 Å². The van der Waals surface area contributed by atoms with Crippen LogP contribution in [0.4, 0.5) is 10.3 Å². The molecule has 20 heavy (non-hydrogen) atoms. The molecule has 2 rings (SSSR count). The fourth-order valence-corrected chi connectivity index (χ4v) is 1.83. The number of aryl methyl sites for hydroxylation is 2. The van der Waals surface area contributed by atoms with Gasteiger partial charge in [-0.25, -0.2) is 14.4 Å². The number of halogens is 2. The van der Waals surface area contributed by atoms with Crippen LogP contribution in [0.5, 0.6) is 0 Å². The summed E-state index contributed by atoms with van der Waals surface area (Å²) < 4.78 is 13.5. The fraction of sp³-hybridized carbons (Fsp3) is 0.286. The Hall–Kier alpha value is -1.72. The summed E-state index contributed by atoms with van der Waals surface area (Å²) in [6.45, 7) is 3.58. The van der Waals surface area contributed by atoms with E-state index in [-0.39, 0.29) is 11.6 Å². The molecule has 1 heterocycles. The van der Waals surface area contributed by atoms with Gasteiger partial charge in [0.1, 0.15) is 5.82 Å². The lowest BCUT2D eigenvalue weighted by molar-refractivity contribution is 0.275. The van der Waals surface area contributed by atoms with Crippen molar-refractivity contribution in [2.75, 3.05) is 11.9 Å². The number of aromatic nitrogens is 2. The summed E-state index contributed by atoms with van der Waals surface area (Å²) in [6.07, 6.45) is 1.70. The molecule has 0 radical (unpaired) electrons. The van der Waals surface area contributed by atoms with Crippen LogP contribution in [-0.2, 0) is 0 Å². The van der Waals surface area contributed by atoms with Crippen molar-refractivity contribution >= 4 is 17.5 Å². The standard InChI is InChI=1S/C14H15ClFN3O/c1-8-6-17-14(18-9(8)2)19-13(7-20)10-3-4-11(15)12(16)5-10/h3-6,13,20H,7H2,1-2H3,(H,17,18,19). The highest BCUT2D eigenvalue weighted by Gasteiger charge is 2.14. The molecule has 1 unspecified atom stereocenters. The first-order valence-corrected chi connectivity index (χ1v) is 6.51. The van der Waals surface area contributed by atoms with Crippen molar-refractivity contribution in [3.63, 3.8) is 0 Å². The molecule has 6 heteroatoms. The molecular weight excluding hydrogens is 281 g/mol. The van der Waals surface area contributed by atoms with Crippen molar-refractivity contribution in [3.05, 3.63) is 52.1 Å². The predicted octanol–water partition coefficient (Wildman–Crippen LogP) is 3.03. The second-order valence-electron chi connectivity index (χ2n) is 4.52. The molecule has 106 valence electrons. The number of hydrogen-bond donors (Lipinski definition) is 2. The van der Waals surface area contributed by atoms with Crippen LogP contribution in [0.2, 0.25) is 5.02 Å². The van der Waals surface area contributed by atoms with Crippen LogP contribution in [-0.4, -0.2) is 21.7 Å². The Labute approximate surface area is 121 Å². The number of nitrogens with zero attached hydrogens (tertiary/aromatic N) is 2. The van der Waals surface area contributed by atoms with Gasteiger partial charge in [-0.1, -0.05) is 17.7 Å². The number of benzene rings is 1. The van der Waals surface area contributed by atoms with E-state index in [9.17, 15) is 9.50 Å². The molecule has 4 nitrogen and oxygen atoms in total. The molecular formula is C14H15ClFN3O. The Kier molecular flexibility index (Phi) is 4.52. The maximum atomic E-state index is 13.5. The molecule has 0 amide bonds. The van der Waals surface area contributed by atoms with Crippen LogP contribution in [0, 0.1) is 19.7 Å². The summed E-state index contributed by atoms with van der Waals surface area (Å²) >= 11 is 5.64. The summed E-state index contributed by atoms with van der Waals surface area (Å²) in [5.41, 5.74) is 2.41. The maximum absolute atomic E-state index is 13.5. The maximum Gasteiger partial charge on any atom is 0.223 e. The lowest BCUT2D eigenvalue weighted by Crippen LogP contribution is -2.17. The number of aliphatic hydroxyl groups excluding tert-OH is 1. The zero-order valence-corrected chi connectivity index (χ0v) is 11.9. The number of rotatable bonds is 4. The minimum Gasteiger partial charge on any atom is -0.394 e. The highest BCUT2D eigenvalue weighted by atomic mass is 35.5. The van der Waals surface area contributed by atoms with Crippen LogP contribution in [0.3, 0.4) is 0 Å². The summed E-state index contributed by atoms with van der Waals surface area (Å²) in [7, 11) is 0. The van der Waals surface area contributed by atoms with Gasteiger partial charge in [-0.05, 0) is 37.1 Å². The molecule has 0 aliphatic rings. The molecule has 0 fully saturated rings. The Morgan fingerprint density at radius 1 is 1.40 bits per heavy atom. The van der Waals surface area contributed by atoms with Crippen molar-refractivity contribution in [3.8, 4) is 0 Å². The zero-order valence-electron chi connectivity index (χ0n) is 11.2. The van der Waals surface area contributed by atoms with Gasteiger partial charge in [0.15, 0.2) is 0 Å². The number of hydrogen-bond acceptors (Lipinski definition) is 4. The lowest BCUT2D eigenvalue weighted by atomic mass is 10.1. The Bertz CT molecular complexity index is 621. The molecule has 1 aromatic heterocycles. The van der Waals surface area contributed by atoms with Crippen LogP contribution in [0.15, 0.2) is 24.4 Å². The minimum absolute atomic E-state index is 0.0490. The van der Waals surface area contributed by atoms with Gasteiger partial charge in [-0.2, -0.15) is 0 Å². The predicted molar refractivity (Wildman–Crippen MR) is 76.4 cm³/mol. The van der Waals surface area contributed by atoms with E-state index in [0.717, 1.165) is 11.3 Å². The highest BCUT2D eigenvalue weighted by molar-refractivity contribution is 6.30. The second-order valence-corrected chi connectivity index (χ2v) is 4.92. The van der Waals surface area contributed by atoms with Gasteiger partial charge < -0.3 is 10.4 Å².